The molecule has 2 N–H and O–H groups in total. The van der Waals surface area contributed by atoms with Crippen molar-refractivity contribution in [3.8, 4) is 0 Å². The Morgan fingerprint density at radius 3 is 2.63 bits per heavy atom. The number of nitrogens with one attached hydrogen (secondary N) is 2. The van der Waals surface area contributed by atoms with E-state index >= 15 is 0 Å². The number of fused-ring (bicyclic) bond motifs is 2. The van der Waals surface area contributed by atoms with Crippen molar-refractivity contribution in [2.24, 2.45) is 0 Å². The van der Waals surface area contributed by atoms with E-state index in [1.807, 2.05) is 60.8 Å². The van der Waals surface area contributed by atoms with Crippen molar-refractivity contribution in [1.29, 1.82) is 0 Å². The van der Waals surface area contributed by atoms with Crippen molar-refractivity contribution in [2.45, 2.75) is 36.7 Å². The zero-order valence-corrected chi connectivity index (χ0v) is 16.8. The van der Waals surface area contributed by atoms with Crippen LogP contribution >= 0.6 is 23.5 Å². The largest absolute Gasteiger partial charge is 0.455 e. The zero-order valence-electron chi connectivity index (χ0n) is 15.2. The van der Waals surface area contributed by atoms with Gasteiger partial charge >= 0.3 is 5.91 Å². The molecule has 1 fully saturated rings. The highest BCUT2D eigenvalue weighted by Crippen LogP contribution is 2.59. The van der Waals surface area contributed by atoms with Gasteiger partial charge in [0.1, 0.15) is 5.76 Å². The minimum atomic E-state index is -0.397. The summed E-state index contributed by atoms with van der Waals surface area (Å²) in [5, 5.41) is 0. The van der Waals surface area contributed by atoms with Crippen LogP contribution in [0.2, 0.25) is 0 Å². The molecule has 0 radical (unpaired) electrons. The topological polar surface area (TPSA) is 71.3 Å². The molecule has 142 valence electrons. The molecule has 2 aromatic rings. The quantitative estimate of drug-likeness (QED) is 0.768. The highest BCUT2D eigenvalue weighted by Gasteiger charge is 2.45. The Balaban J connectivity index is 1.45. The second kappa shape index (κ2) is 7.64. The molecule has 0 unspecified atom stereocenters. The van der Waals surface area contributed by atoms with E-state index < -0.39 is 5.91 Å². The van der Waals surface area contributed by atoms with Gasteiger partial charge in [0.2, 0.25) is 5.91 Å². The maximum absolute atomic E-state index is 12.6. The number of carbonyl (C=O) groups excluding carboxylic acids is 2. The van der Waals surface area contributed by atoms with Crippen LogP contribution in [0.5, 0.6) is 0 Å². The van der Waals surface area contributed by atoms with E-state index in [9.17, 15) is 9.59 Å². The Morgan fingerprint density at radius 1 is 1.15 bits per heavy atom. The molecule has 1 spiro atoms. The van der Waals surface area contributed by atoms with Gasteiger partial charge in [-0.1, -0.05) is 30.3 Å². The van der Waals surface area contributed by atoms with Gasteiger partial charge in [-0.15, -0.1) is 23.5 Å². The number of amides is 2. The molecule has 7 heteroatoms. The number of rotatable bonds is 3. The Labute approximate surface area is 167 Å². The molecule has 1 aromatic carbocycles. The number of hydrogen-bond acceptors (Lipinski definition) is 5. The van der Waals surface area contributed by atoms with Gasteiger partial charge in [-0.05, 0) is 25.3 Å². The van der Waals surface area contributed by atoms with E-state index in [1.165, 1.54) is 5.56 Å². The number of carbonyl (C=O) groups is 2. The molecule has 0 atom stereocenters. The predicted molar refractivity (Wildman–Crippen MR) is 109 cm³/mol. The molecule has 2 aliphatic rings. The maximum atomic E-state index is 12.6. The van der Waals surface area contributed by atoms with Gasteiger partial charge in [0.25, 0.3) is 0 Å². The van der Waals surface area contributed by atoms with Gasteiger partial charge in [0, 0.05) is 29.1 Å². The molecule has 2 amide bonds. The zero-order chi connectivity index (χ0) is 18.9. The molecule has 27 heavy (non-hydrogen) atoms. The summed E-state index contributed by atoms with van der Waals surface area (Å²) in [4.78, 5) is 24.7. The van der Waals surface area contributed by atoms with E-state index in [0.717, 1.165) is 47.7 Å². The van der Waals surface area contributed by atoms with E-state index in [0.29, 0.717) is 5.76 Å². The third-order valence-electron chi connectivity index (χ3n) is 4.99. The van der Waals surface area contributed by atoms with Gasteiger partial charge in [-0.25, -0.2) is 0 Å². The summed E-state index contributed by atoms with van der Waals surface area (Å²) in [6, 6.07) is 9.42. The van der Waals surface area contributed by atoms with Gasteiger partial charge in [-0.2, -0.15) is 0 Å². The smallest absolute Gasteiger partial charge is 0.305 e. The van der Waals surface area contributed by atoms with Gasteiger partial charge in [0.05, 0.1) is 10.5 Å². The van der Waals surface area contributed by atoms with Crippen molar-refractivity contribution < 1.29 is 14.0 Å². The molecule has 1 saturated heterocycles. The minimum Gasteiger partial charge on any atom is -0.455 e. The average Bonchev–Trinajstić information content (AvgIpc) is 3.26. The molecule has 4 rings (SSSR count). The summed E-state index contributed by atoms with van der Waals surface area (Å²) in [6.07, 6.45) is 3.28. The highest BCUT2D eigenvalue weighted by atomic mass is 32.2. The first-order valence-electron chi connectivity index (χ1n) is 9.13. The Morgan fingerprint density at radius 2 is 1.89 bits per heavy atom. The molecule has 0 bridgehead atoms. The lowest BCUT2D eigenvalue weighted by molar-refractivity contribution is -0.121. The fourth-order valence-electron chi connectivity index (χ4n) is 3.82. The van der Waals surface area contributed by atoms with Crippen LogP contribution in [0.25, 0.3) is 0 Å². The predicted octanol–water partition coefficient (Wildman–Crippen LogP) is 3.56. The van der Waals surface area contributed by atoms with Crippen LogP contribution in [0, 0.1) is 6.92 Å². The van der Waals surface area contributed by atoms with Crippen LogP contribution in [0.15, 0.2) is 34.7 Å². The summed E-state index contributed by atoms with van der Waals surface area (Å²) >= 11 is 3.94. The fourth-order valence-corrected chi connectivity index (χ4v) is 7.38. The van der Waals surface area contributed by atoms with E-state index in [2.05, 4.69) is 10.9 Å². The molecule has 1 aliphatic heterocycles. The number of thioether (sulfide) groups is 2. The van der Waals surface area contributed by atoms with Gasteiger partial charge < -0.3 is 4.42 Å². The number of hydrazine groups is 1. The maximum Gasteiger partial charge on any atom is 0.305 e. The second-order valence-electron chi connectivity index (χ2n) is 6.82. The Bertz CT molecular complexity index is 858. The summed E-state index contributed by atoms with van der Waals surface area (Å²) in [5.74, 6) is 2.85. The van der Waals surface area contributed by atoms with Crippen molar-refractivity contribution in [3.63, 3.8) is 0 Å². The van der Waals surface area contributed by atoms with Crippen LogP contribution in [0.3, 0.4) is 0 Å². The molecule has 0 saturated carbocycles. The first-order valence-corrected chi connectivity index (χ1v) is 11.1. The lowest BCUT2D eigenvalue weighted by Gasteiger charge is -2.31. The second-order valence-corrected chi connectivity index (χ2v) is 9.87. The first kappa shape index (κ1) is 18.5. The van der Waals surface area contributed by atoms with Crippen molar-refractivity contribution in [2.75, 3.05) is 11.5 Å². The lowest BCUT2D eigenvalue weighted by Crippen LogP contribution is -2.42. The number of benzene rings is 1. The van der Waals surface area contributed by atoms with Crippen LogP contribution in [-0.4, -0.2) is 23.3 Å². The minimum absolute atomic E-state index is 0.0380. The van der Waals surface area contributed by atoms with Crippen LogP contribution in [-0.2, 0) is 21.7 Å². The fraction of sp³-hybridized carbons (Fsp3) is 0.400. The molecular weight excluding hydrogens is 380 g/mol. The van der Waals surface area contributed by atoms with E-state index in [-0.39, 0.29) is 16.4 Å². The summed E-state index contributed by atoms with van der Waals surface area (Å²) in [7, 11) is 0. The van der Waals surface area contributed by atoms with E-state index in [4.69, 9.17) is 4.42 Å². The van der Waals surface area contributed by atoms with Crippen molar-refractivity contribution >= 4 is 35.3 Å². The standard InChI is InChI=1S/C20H22N2O3S2/c1-13-17-15(8-5-9-20(17)26-10-11-27-20)25-18(13)19(24)22-21-16(23)12-14-6-3-2-4-7-14/h2-4,6-7H,5,8-12H2,1H3,(H,21,23)(H,22,24). The summed E-state index contributed by atoms with van der Waals surface area (Å²) < 4.78 is 5.98. The Hall–Kier alpha value is -1.86. The lowest BCUT2D eigenvalue weighted by atomic mass is 9.94. The molecule has 1 aromatic heterocycles. The van der Waals surface area contributed by atoms with Crippen molar-refractivity contribution in [1.82, 2.24) is 10.9 Å². The molecule has 2 heterocycles. The monoisotopic (exact) mass is 402 g/mol. The van der Waals surface area contributed by atoms with Crippen LogP contribution < -0.4 is 10.9 Å². The summed E-state index contributed by atoms with van der Waals surface area (Å²) in [6.45, 7) is 1.95. The van der Waals surface area contributed by atoms with Crippen LogP contribution in [0.4, 0.5) is 0 Å². The van der Waals surface area contributed by atoms with Crippen LogP contribution in [0.1, 0.15) is 45.8 Å². The molecule has 5 nitrogen and oxygen atoms in total. The van der Waals surface area contributed by atoms with Gasteiger partial charge in [0.15, 0.2) is 5.76 Å². The van der Waals surface area contributed by atoms with Gasteiger partial charge in [-0.3, -0.25) is 20.4 Å². The van der Waals surface area contributed by atoms with Crippen molar-refractivity contribution in [3.05, 3.63) is 58.5 Å². The number of furan rings is 1. The molecular formula is C20H22N2O3S2. The summed E-state index contributed by atoms with van der Waals surface area (Å²) in [5.41, 5.74) is 7.99. The SMILES string of the molecule is Cc1c(C(=O)NNC(=O)Cc2ccccc2)oc2c1C1(CCC2)SCCS1. The third-order valence-corrected chi connectivity index (χ3v) is 8.52. The Kier molecular flexibility index (Phi) is 5.23. The first-order chi connectivity index (χ1) is 13.1. The normalized spacial score (nSPS) is 17.5. The highest BCUT2D eigenvalue weighted by molar-refractivity contribution is 8.20. The number of aryl methyl sites for hydroxylation is 1. The average molecular weight is 403 g/mol. The number of hydrogen-bond donors (Lipinski definition) is 2. The third kappa shape index (κ3) is 3.62. The molecule has 1 aliphatic carbocycles. The van der Waals surface area contributed by atoms with E-state index in [1.54, 1.807) is 0 Å².